The molecular weight excluding hydrogens is 458 g/mol. The number of esters is 1. The lowest BCUT2D eigenvalue weighted by Gasteiger charge is -2.16. The van der Waals surface area contributed by atoms with Crippen LogP contribution >= 0.6 is 0 Å². The summed E-state index contributed by atoms with van der Waals surface area (Å²) < 4.78 is 5.11. The Morgan fingerprint density at radius 1 is 1.14 bits per heavy atom. The number of anilines is 1. The van der Waals surface area contributed by atoms with Crippen molar-refractivity contribution in [3.8, 4) is 0 Å². The van der Waals surface area contributed by atoms with Crippen molar-refractivity contribution in [2.24, 2.45) is 4.99 Å². The van der Waals surface area contributed by atoms with E-state index in [0.717, 1.165) is 6.07 Å². The molecule has 2 aliphatic heterocycles. The standard InChI is InChI=1S/C23H19N5O7/c1-3-35-23(32)18-12(2)24-14-8-4-5-9-15(14)25-20(18)26-17(29)11-27-21(30)13-7-6-10-16(28(33)34)19(13)22(27)31/h4-10,24H,3,11H2,1-2H3,(H,25,26,29). The van der Waals surface area contributed by atoms with Crippen LogP contribution in [0.4, 0.5) is 17.1 Å². The minimum Gasteiger partial charge on any atom is -0.462 e. The lowest BCUT2D eigenvalue weighted by atomic mass is 10.1. The maximum Gasteiger partial charge on any atom is 0.343 e. The molecule has 2 N–H and O–H groups in total. The van der Waals surface area contributed by atoms with E-state index in [1.807, 2.05) is 0 Å². The van der Waals surface area contributed by atoms with Crippen LogP contribution in [0.5, 0.6) is 0 Å². The zero-order valence-corrected chi connectivity index (χ0v) is 18.7. The number of amides is 3. The summed E-state index contributed by atoms with van der Waals surface area (Å²) in [5, 5.41) is 16.8. The van der Waals surface area contributed by atoms with Gasteiger partial charge >= 0.3 is 5.97 Å². The molecule has 0 spiro atoms. The summed E-state index contributed by atoms with van der Waals surface area (Å²) in [4.78, 5) is 66.6. The first-order valence-electron chi connectivity index (χ1n) is 10.5. The zero-order valence-electron chi connectivity index (χ0n) is 18.7. The van der Waals surface area contributed by atoms with Crippen LogP contribution in [-0.4, -0.2) is 52.5 Å². The SMILES string of the molecule is CCOC(=O)C1=C(C)Nc2ccccc2N=C1NC(=O)CN1C(=O)c2cccc([N+](=O)[O-])c2C1=O. The molecule has 35 heavy (non-hydrogen) atoms. The molecule has 2 heterocycles. The molecule has 0 atom stereocenters. The molecule has 0 fully saturated rings. The second kappa shape index (κ2) is 9.17. The number of hydrogen-bond donors (Lipinski definition) is 2. The number of nitro benzene ring substituents is 1. The Morgan fingerprint density at radius 3 is 2.60 bits per heavy atom. The first kappa shape index (κ1) is 23.3. The molecule has 0 unspecified atom stereocenters. The van der Waals surface area contributed by atoms with Crippen LogP contribution in [0.1, 0.15) is 34.6 Å². The van der Waals surface area contributed by atoms with E-state index in [2.05, 4.69) is 15.6 Å². The number of para-hydroxylation sites is 2. The van der Waals surface area contributed by atoms with E-state index in [-0.39, 0.29) is 29.1 Å². The molecule has 0 aliphatic carbocycles. The van der Waals surface area contributed by atoms with E-state index in [9.17, 15) is 29.3 Å². The van der Waals surface area contributed by atoms with Crippen molar-refractivity contribution in [1.29, 1.82) is 0 Å². The number of nitro groups is 1. The van der Waals surface area contributed by atoms with Crippen molar-refractivity contribution in [3.05, 3.63) is 75.0 Å². The van der Waals surface area contributed by atoms with Gasteiger partial charge in [0.15, 0.2) is 0 Å². The molecule has 3 amide bonds. The number of rotatable bonds is 5. The zero-order chi connectivity index (χ0) is 25.3. The first-order valence-corrected chi connectivity index (χ1v) is 10.5. The predicted molar refractivity (Wildman–Crippen MR) is 123 cm³/mol. The van der Waals surface area contributed by atoms with Gasteiger partial charge in [-0.15, -0.1) is 0 Å². The number of aliphatic imine (C=N–C) groups is 1. The number of fused-ring (bicyclic) bond motifs is 2. The number of nitrogens with zero attached hydrogens (tertiary/aromatic N) is 3. The van der Waals surface area contributed by atoms with Crippen molar-refractivity contribution in [2.45, 2.75) is 13.8 Å². The lowest BCUT2D eigenvalue weighted by Crippen LogP contribution is -2.44. The largest absolute Gasteiger partial charge is 0.462 e. The van der Waals surface area contributed by atoms with Gasteiger partial charge in [-0.05, 0) is 32.0 Å². The number of imide groups is 1. The molecule has 0 radical (unpaired) electrons. The Hall–Kier alpha value is -4.87. The minimum atomic E-state index is -0.959. The second-order valence-corrected chi connectivity index (χ2v) is 7.52. The van der Waals surface area contributed by atoms with Gasteiger partial charge in [0.2, 0.25) is 5.91 Å². The summed E-state index contributed by atoms with van der Waals surface area (Å²) in [5.74, 6) is -3.50. The highest BCUT2D eigenvalue weighted by atomic mass is 16.6. The van der Waals surface area contributed by atoms with Gasteiger partial charge in [0.1, 0.15) is 23.5 Å². The highest BCUT2D eigenvalue weighted by Gasteiger charge is 2.42. The first-order chi connectivity index (χ1) is 16.7. The summed E-state index contributed by atoms with van der Waals surface area (Å²) in [7, 11) is 0. The summed E-state index contributed by atoms with van der Waals surface area (Å²) in [6, 6.07) is 10.6. The van der Waals surface area contributed by atoms with Crippen LogP contribution in [-0.2, 0) is 14.3 Å². The Morgan fingerprint density at radius 2 is 1.89 bits per heavy atom. The number of carbonyl (C=O) groups is 4. The van der Waals surface area contributed by atoms with Gasteiger partial charge < -0.3 is 15.4 Å². The van der Waals surface area contributed by atoms with Crippen LogP contribution in [0.15, 0.2) is 58.7 Å². The fraction of sp³-hybridized carbons (Fsp3) is 0.174. The summed E-state index contributed by atoms with van der Waals surface area (Å²) in [6.07, 6.45) is 0. The molecule has 4 rings (SSSR count). The monoisotopic (exact) mass is 477 g/mol. The van der Waals surface area contributed by atoms with Crippen molar-refractivity contribution < 1.29 is 28.8 Å². The number of benzene rings is 2. The van der Waals surface area contributed by atoms with E-state index in [1.54, 1.807) is 38.1 Å². The number of hydrogen-bond acceptors (Lipinski definition) is 9. The summed E-state index contributed by atoms with van der Waals surface area (Å²) >= 11 is 0. The van der Waals surface area contributed by atoms with Gasteiger partial charge in [0.05, 0.1) is 28.5 Å². The normalized spacial score (nSPS) is 14.5. The van der Waals surface area contributed by atoms with Crippen LogP contribution < -0.4 is 10.6 Å². The number of carbonyl (C=O) groups excluding carboxylic acids is 4. The second-order valence-electron chi connectivity index (χ2n) is 7.52. The van der Waals surface area contributed by atoms with Gasteiger partial charge in [0, 0.05) is 11.8 Å². The molecular formula is C23H19N5O7. The number of nitrogens with one attached hydrogen (secondary N) is 2. The molecule has 12 nitrogen and oxygen atoms in total. The molecule has 0 saturated carbocycles. The molecule has 2 aromatic rings. The molecule has 178 valence electrons. The Bertz CT molecular complexity index is 1360. The van der Waals surface area contributed by atoms with E-state index in [0.29, 0.717) is 22.0 Å². The quantitative estimate of drug-likeness (QED) is 0.287. The van der Waals surface area contributed by atoms with E-state index in [4.69, 9.17) is 4.74 Å². The Kier molecular flexibility index (Phi) is 6.10. The number of ether oxygens (including phenoxy) is 1. The van der Waals surface area contributed by atoms with Gasteiger partial charge in [-0.25, -0.2) is 9.79 Å². The van der Waals surface area contributed by atoms with Crippen LogP contribution in [0.25, 0.3) is 0 Å². The maximum atomic E-state index is 12.9. The van der Waals surface area contributed by atoms with Crippen molar-refractivity contribution >= 4 is 46.6 Å². The molecule has 0 aromatic heterocycles. The third kappa shape index (κ3) is 4.24. The number of amidine groups is 1. The Labute approximate surface area is 198 Å². The highest BCUT2D eigenvalue weighted by Crippen LogP contribution is 2.31. The van der Waals surface area contributed by atoms with Crippen LogP contribution in [0, 0.1) is 10.1 Å². The van der Waals surface area contributed by atoms with Gasteiger partial charge in [-0.1, -0.05) is 18.2 Å². The fourth-order valence-corrected chi connectivity index (χ4v) is 3.77. The molecule has 2 aliphatic rings. The summed E-state index contributed by atoms with van der Waals surface area (Å²) in [6.45, 7) is 2.58. The van der Waals surface area contributed by atoms with E-state index >= 15 is 0 Å². The van der Waals surface area contributed by atoms with Crippen LogP contribution in [0.3, 0.4) is 0 Å². The topological polar surface area (TPSA) is 160 Å². The van der Waals surface area contributed by atoms with Gasteiger partial charge in [0.25, 0.3) is 17.5 Å². The average molecular weight is 477 g/mol. The molecule has 12 heteroatoms. The fourth-order valence-electron chi connectivity index (χ4n) is 3.77. The van der Waals surface area contributed by atoms with Gasteiger partial charge in [-0.2, -0.15) is 0 Å². The predicted octanol–water partition coefficient (Wildman–Crippen LogP) is 2.30. The Balaban J connectivity index is 1.63. The minimum absolute atomic E-state index is 0.0330. The third-order valence-electron chi connectivity index (χ3n) is 5.28. The molecule has 2 aromatic carbocycles. The van der Waals surface area contributed by atoms with Crippen molar-refractivity contribution in [1.82, 2.24) is 10.2 Å². The number of allylic oxidation sites excluding steroid dienone is 1. The van der Waals surface area contributed by atoms with Crippen molar-refractivity contribution in [2.75, 3.05) is 18.5 Å². The highest BCUT2D eigenvalue weighted by molar-refractivity contribution is 6.26. The van der Waals surface area contributed by atoms with E-state index < -0.39 is 40.8 Å². The molecule has 0 saturated heterocycles. The van der Waals surface area contributed by atoms with Gasteiger partial charge in [-0.3, -0.25) is 29.4 Å². The molecule has 0 bridgehead atoms. The van der Waals surface area contributed by atoms with Crippen molar-refractivity contribution in [3.63, 3.8) is 0 Å². The lowest BCUT2D eigenvalue weighted by molar-refractivity contribution is -0.385. The summed E-state index contributed by atoms with van der Waals surface area (Å²) in [5.41, 5.74) is 0.288. The smallest absolute Gasteiger partial charge is 0.343 e. The maximum absolute atomic E-state index is 12.9. The van der Waals surface area contributed by atoms with Crippen LogP contribution in [0.2, 0.25) is 0 Å². The average Bonchev–Trinajstić information content (AvgIpc) is 2.96. The van der Waals surface area contributed by atoms with E-state index in [1.165, 1.54) is 12.1 Å². The third-order valence-corrected chi connectivity index (χ3v) is 5.28.